The van der Waals surface area contributed by atoms with Gasteiger partial charge in [0.15, 0.2) is 5.96 Å². The Morgan fingerprint density at radius 1 is 1.00 bits per heavy atom. The van der Waals surface area contributed by atoms with Crippen molar-refractivity contribution in [3.63, 3.8) is 0 Å². The summed E-state index contributed by atoms with van der Waals surface area (Å²) in [5, 5.41) is 14.7. The molecule has 5 heteroatoms. The normalized spacial score (nSPS) is 17.6. The molecule has 1 unspecified atom stereocenters. The van der Waals surface area contributed by atoms with Crippen molar-refractivity contribution in [3.8, 4) is 0 Å². The summed E-state index contributed by atoms with van der Waals surface area (Å²) in [7, 11) is 0. The first kappa shape index (κ1) is 21.7. The maximum absolute atomic E-state index is 11.4. The monoisotopic (exact) mass is 479 g/mol. The molecule has 0 aliphatic heterocycles. The highest BCUT2D eigenvalue weighted by molar-refractivity contribution is 14.0. The molecule has 0 heterocycles. The van der Waals surface area contributed by atoms with Crippen molar-refractivity contribution < 1.29 is 5.11 Å². The molecule has 27 heavy (non-hydrogen) atoms. The standard InChI is InChI=1S/C22H29N3O.HI/c23-21(25-20-14-8-3-9-15-20)24-17-22(26,19-12-6-2-7-13-19)16-18-10-4-1-5-11-18;/h1-2,4-7,10-13,20,26H,3,8-9,14-17H2,(H3,23,24,25);1H. The Kier molecular flexibility index (Phi) is 8.57. The molecule has 4 N–H and O–H groups in total. The third-order valence-corrected chi connectivity index (χ3v) is 5.12. The third kappa shape index (κ3) is 6.50. The minimum absolute atomic E-state index is 0. The molecule has 3 rings (SSSR count). The maximum Gasteiger partial charge on any atom is 0.188 e. The number of nitrogens with two attached hydrogens (primary N) is 1. The lowest BCUT2D eigenvalue weighted by Gasteiger charge is -2.28. The van der Waals surface area contributed by atoms with E-state index in [1.165, 1.54) is 19.3 Å². The van der Waals surface area contributed by atoms with Crippen LogP contribution in [0.3, 0.4) is 0 Å². The van der Waals surface area contributed by atoms with Crippen LogP contribution in [0.25, 0.3) is 0 Å². The van der Waals surface area contributed by atoms with Gasteiger partial charge in [-0.25, -0.2) is 0 Å². The highest BCUT2D eigenvalue weighted by atomic mass is 127. The van der Waals surface area contributed by atoms with E-state index in [4.69, 9.17) is 5.73 Å². The van der Waals surface area contributed by atoms with E-state index in [0.29, 0.717) is 18.4 Å². The molecule has 0 radical (unpaired) electrons. The zero-order valence-corrected chi connectivity index (χ0v) is 18.0. The molecule has 146 valence electrons. The first-order chi connectivity index (χ1) is 12.7. The topological polar surface area (TPSA) is 70.6 Å². The highest BCUT2D eigenvalue weighted by Crippen LogP contribution is 2.26. The lowest BCUT2D eigenvalue weighted by Crippen LogP contribution is -2.42. The van der Waals surface area contributed by atoms with Crippen molar-refractivity contribution in [1.29, 1.82) is 0 Å². The number of nitrogens with zero attached hydrogens (tertiary/aromatic N) is 1. The van der Waals surface area contributed by atoms with Gasteiger partial charge in [-0.2, -0.15) is 0 Å². The first-order valence-corrected chi connectivity index (χ1v) is 9.54. The summed E-state index contributed by atoms with van der Waals surface area (Å²) in [4.78, 5) is 4.50. The summed E-state index contributed by atoms with van der Waals surface area (Å²) >= 11 is 0. The maximum atomic E-state index is 11.4. The Morgan fingerprint density at radius 3 is 2.22 bits per heavy atom. The Labute approximate surface area is 179 Å². The van der Waals surface area contributed by atoms with Crippen LogP contribution in [0.2, 0.25) is 0 Å². The van der Waals surface area contributed by atoms with Crippen LogP contribution in [0.4, 0.5) is 0 Å². The minimum atomic E-state index is -1.08. The van der Waals surface area contributed by atoms with Gasteiger partial charge in [0.1, 0.15) is 5.60 Å². The van der Waals surface area contributed by atoms with Crippen LogP contribution in [0.1, 0.15) is 43.2 Å². The van der Waals surface area contributed by atoms with E-state index in [-0.39, 0.29) is 30.5 Å². The van der Waals surface area contributed by atoms with E-state index in [9.17, 15) is 5.11 Å². The molecule has 1 fully saturated rings. The molecule has 2 aromatic rings. The molecule has 1 atom stereocenters. The zero-order chi connectivity index (χ0) is 18.2. The fourth-order valence-corrected chi connectivity index (χ4v) is 3.65. The molecule has 0 saturated heterocycles. The Morgan fingerprint density at radius 2 is 1.59 bits per heavy atom. The zero-order valence-electron chi connectivity index (χ0n) is 15.7. The molecule has 0 amide bonds. The first-order valence-electron chi connectivity index (χ1n) is 9.54. The number of nitrogens with one attached hydrogen (secondary N) is 1. The molecular weight excluding hydrogens is 449 g/mol. The number of aliphatic imine (C=N–C) groups is 1. The average Bonchev–Trinajstić information content (AvgIpc) is 2.69. The Balaban J connectivity index is 0.00000261. The van der Waals surface area contributed by atoms with Crippen LogP contribution in [-0.2, 0) is 12.0 Å². The lowest BCUT2D eigenvalue weighted by molar-refractivity contribution is 0.0467. The predicted octanol–water partition coefficient (Wildman–Crippen LogP) is 3.97. The van der Waals surface area contributed by atoms with Crippen molar-refractivity contribution in [2.24, 2.45) is 10.7 Å². The van der Waals surface area contributed by atoms with Crippen LogP contribution in [-0.4, -0.2) is 23.7 Å². The second kappa shape index (κ2) is 10.7. The number of hydrogen-bond acceptors (Lipinski definition) is 2. The summed E-state index contributed by atoms with van der Waals surface area (Å²) in [6.07, 6.45) is 6.57. The van der Waals surface area contributed by atoms with Gasteiger partial charge in [0, 0.05) is 12.5 Å². The van der Waals surface area contributed by atoms with Crippen LogP contribution in [0, 0.1) is 0 Å². The summed E-state index contributed by atoms with van der Waals surface area (Å²) in [6, 6.07) is 20.2. The molecule has 1 aliphatic carbocycles. The third-order valence-electron chi connectivity index (χ3n) is 5.12. The Hall–Kier alpha value is -1.60. The van der Waals surface area contributed by atoms with Gasteiger partial charge in [-0.3, -0.25) is 4.99 Å². The number of benzene rings is 2. The van der Waals surface area contributed by atoms with Gasteiger partial charge in [0.25, 0.3) is 0 Å². The number of rotatable bonds is 6. The number of halogens is 1. The van der Waals surface area contributed by atoms with E-state index in [1.54, 1.807) is 0 Å². The summed E-state index contributed by atoms with van der Waals surface area (Å²) in [5.74, 6) is 0.430. The van der Waals surface area contributed by atoms with Crippen molar-refractivity contribution in [1.82, 2.24) is 5.32 Å². The van der Waals surface area contributed by atoms with Crippen LogP contribution >= 0.6 is 24.0 Å². The van der Waals surface area contributed by atoms with Gasteiger partial charge in [-0.15, -0.1) is 24.0 Å². The van der Waals surface area contributed by atoms with Gasteiger partial charge in [-0.05, 0) is 24.0 Å². The van der Waals surface area contributed by atoms with Crippen molar-refractivity contribution in [2.45, 2.75) is 50.2 Å². The quantitative estimate of drug-likeness (QED) is 0.334. The fourth-order valence-electron chi connectivity index (χ4n) is 3.65. The second-order valence-corrected chi connectivity index (χ2v) is 7.24. The molecule has 0 bridgehead atoms. The van der Waals surface area contributed by atoms with Crippen molar-refractivity contribution >= 4 is 29.9 Å². The van der Waals surface area contributed by atoms with E-state index in [0.717, 1.165) is 24.0 Å². The molecular formula is C22H30IN3O. The SMILES string of the molecule is I.NC(=NCC(O)(Cc1ccccc1)c1ccccc1)NC1CCCCC1. The molecule has 0 spiro atoms. The van der Waals surface area contributed by atoms with E-state index in [2.05, 4.69) is 10.3 Å². The second-order valence-electron chi connectivity index (χ2n) is 7.24. The number of hydrogen-bond donors (Lipinski definition) is 3. The van der Waals surface area contributed by atoms with Crippen LogP contribution in [0.5, 0.6) is 0 Å². The van der Waals surface area contributed by atoms with E-state index >= 15 is 0 Å². The largest absolute Gasteiger partial charge is 0.383 e. The van der Waals surface area contributed by atoms with E-state index in [1.807, 2.05) is 60.7 Å². The molecule has 2 aromatic carbocycles. The molecule has 1 aliphatic rings. The average molecular weight is 479 g/mol. The van der Waals surface area contributed by atoms with Crippen molar-refractivity contribution in [3.05, 3.63) is 71.8 Å². The van der Waals surface area contributed by atoms with Gasteiger partial charge in [-0.1, -0.05) is 79.9 Å². The van der Waals surface area contributed by atoms with E-state index < -0.39 is 5.60 Å². The molecule has 4 nitrogen and oxygen atoms in total. The Bertz CT molecular complexity index is 702. The van der Waals surface area contributed by atoms with Gasteiger partial charge >= 0.3 is 0 Å². The van der Waals surface area contributed by atoms with Crippen LogP contribution in [0.15, 0.2) is 65.7 Å². The predicted molar refractivity (Wildman–Crippen MR) is 122 cm³/mol. The lowest BCUT2D eigenvalue weighted by atomic mass is 9.87. The fraction of sp³-hybridized carbons (Fsp3) is 0.409. The number of aliphatic hydroxyl groups is 1. The summed E-state index contributed by atoms with van der Waals surface area (Å²) in [5.41, 5.74) is 6.97. The summed E-state index contributed by atoms with van der Waals surface area (Å²) < 4.78 is 0. The minimum Gasteiger partial charge on any atom is -0.383 e. The number of guanidine groups is 1. The molecule has 1 saturated carbocycles. The summed E-state index contributed by atoms with van der Waals surface area (Å²) in [6.45, 7) is 0.234. The molecule has 0 aromatic heterocycles. The smallest absolute Gasteiger partial charge is 0.188 e. The van der Waals surface area contributed by atoms with Gasteiger partial charge < -0.3 is 16.2 Å². The van der Waals surface area contributed by atoms with Crippen molar-refractivity contribution in [2.75, 3.05) is 6.54 Å². The van der Waals surface area contributed by atoms with Crippen LogP contribution < -0.4 is 11.1 Å². The van der Waals surface area contributed by atoms with Gasteiger partial charge in [0.05, 0.1) is 6.54 Å². The van der Waals surface area contributed by atoms with Gasteiger partial charge in [0.2, 0.25) is 0 Å². The highest BCUT2D eigenvalue weighted by Gasteiger charge is 2.29.